The van der Waals surface area contributed by atoms with Gasteiger partial charge in [0.05, 0.1) is 0 Å². The van der Waals surface area contributed by atoms with E-state index in [9.17, 15) is 9.18 Å². The summed E-state index contributed by atoms with van der Waals surface area (Å²) < 4.78 is 13.2. The van der Waals surface area contributed by atoms with Gasteiger partial charge in [0.1, 0.15) is 5.82 Å². The predicted molar refractivity (Wildman–Crippen MR) is 82.9 cm³/mol. The summed E-state index contributed by atoms with van der Waals surface area (Å²) in [5.41, 5.74) is 7.91. The van der Waals surface area contributed by atoms with Crippen LogP contribution in [-0.4, -0.2) is 13.1 Å². The Labute approximate surface area is 123 Å². The molecule has 3 N–H and O–H groups in total. The number of amides is 2. The molecule has 1 atom stereocenters. The Morgan fingerprint density at radius 1 is 1.24 bits per heavy atom. The van der Waals surface area contributed by atoms with Crippen LogP contribution in [0.4, 0.5) is 20.6 Å². The minimum Gasteiger partial charge on any atom is -0.324 e. The van der Waals surface area contributed by atoms with Gasteiger partial charge >= 0.3 is 6.03 Å². The standard InChI is InChI=1S/C16H18FN3O/c1-11(18)12-6-8-14(9-7-12)19-16(21)20(2)15-5-3-4-13(17)10-15/h3-11H,18H2,1-2H3,(H,19,21). The van der Waals surface area contributed by atoms with E-state index in [4.69, 9.17) is 5.73 Å². The first-order valence-corrected chi connectivity index (χ1v) is 6.63. The fourth-order valence-corrected chi connectivity index (χ4v) is 1.88. The van der Waals surface area contributed by atoms with Gasteiger partial charge in [-0.3, -0.25) is 4.90 Å². The largest absolute Gasteiger partial charge is 0.326 e. The number of hydrogen-bond acceptors (Lipinski definition) is 2. The van der Waals surface area contributed by atoms with Crippen LogP contribution in [0.25, 0.3) is 0 Å². The van der Waals surface area contributed by atoms with Crippen molar-refractivity contribution in [2.45, 2.75) is 13.0 Å². The zero-order valence-electron chi connectivity index (χ0n) is 12.0. The molecule has 0 spiro atoms. The number of hydrogen-bond donors (Lipinski definition) is 2. The van der Waals surface area contributed by atoms with Crippen LogP contribution in [0.3, 0.4) is 0 Å². The second-order valence-corrected chi connectivity index (χ2v) is 4.88. The van der Waals surface area contributed by atoms with E-state index < -0.39 is 0 Å². The number of anilines is 2. The molecule has 0 bridgehead atoms. The van der Waals surface area contributed by atoms with Crippen molar-refractivity contribution in [2.75, 3.05) is 17.3 Å². The molecule has 21 heavy (non-hydrogen) atoms. The van der Waals surface area contributed by atoms with Crippen LogP contribution >= 0.6 is 0 Å². The normalized spacial score (nSPS) is 11.8. The maximum Gasteiger partial charge on any atom is 0.326 e. The summed E-state index contributed by atoms with van der Waals surface area (Å²) in [5.74, 6) is -0.381. The highest BCUT2D eigenvalue weighted by atomic mass is 19.1. The summed E-state index contributed by atoms with van der Waals surface area (Å²) in [6, 6.07) is 12.8. The molecule has 0 aliphatic carbocycles. The van der Waals surface area contributed by atoms with Gasteiger partial charge in [0.2, 0.25) is 0 Å². The van der Waals surface area contributed by atoms with Gasteiger partial charge in [-0.05, 0) is 42.8 Å². The zero-order valence-corrected chi connectivity index (χ0v) is 12.0. The summed E-state index contributed by atoms with van der Waals surface area (Å²) in [5, 5.41) is 2.75. The molecular weight excluding hydrogens is 269 g/mol. The third kappa shape index (κ3) is 3.79. The SMILES string of the molecule is CC(N)c1ccc(NC(=O)N(C)c2cccc(F)c2)cc1. The maximum absolute atomic E-state index is 13.2. The molecule has 0 saturated heterocycles. The van der Waals surface area contributed by atoms with Crippen molar-refractivity contribution in [3.8, 4) is 0 Å². The van der Waals surface area contributed by atoms with Gasteiger partial charge in [0, 0.05) is 24.5 Å². The summed E-state index contributed by atoms with van der Waals surface area (Å²) in [6.07, 6.45) is 0. The third-order valence-corrected chi connectivity index (χ3v) is 3.19. The van der Waals surface area contributed by atoms with E-state index in [0.29, 0.717) is 11.4 Å². The number of carbonyl (C=O) groups excluding carboxylic acids is 1. The van der Waals surface area contributed by atoms with Crippen LogP contribution in [0.2, 0.25) is 0 Å². The minimum atomic E-state index is -0.381. The van der Waals surface area contributed by atoms with Crippen molar-refractivity contribution in [2.24, 2.45) is 5.73 Å². The van der Waals surface area contributed by atoms with Gasteiger partial charge in [-0.1, -0.05) is 18.2 Å². The van der Waals surface area contributed by atoms with E-state index in [0.717, 1.165) is 5.56 Å². The van der Waals surface area contributed by atoms with Crippen molar-refractivity contribution >= 4 is 17.4 Å². The number of urea groups is 1. The van der Waals surface area contributed by atoms with Crippen molar-refractivity contribution in [3.63, 3.8) is 0 Å². The number of nitrogens with zero attached hydrogens (tertiary/aromatic N) is 1. The van der Waals surface area contributed by atoms with Crippen LogP contribution in [0.15, 0.2) is 48.5 Å². The number of carbonyl (C=O) groups is 1. The molecule has 110 valence electrons. The molecule has 4 nitrogen and oxygen atoms in total. The van der Waals surface area contributed by atoms with Crippen LogP contribution in [-0.2, 0) is 0 Å². The molecule has 0 aromatic heterocycles. The lowest BCUT2D eigenvalue weighted by Crippen LogP contribution is -2.31. The van der Waals surface area contributed by atoms with Gasteiger partial charge in [0.15, 0.2) is 0 Å². The van der Waals surface area contributed by atoms with E-state index in [1.54, 1.807) is 31.3 Å². The van der Waals surface area contributed by atoms with Crippen LogP contribution < -0.4 is 16.0 Å². The monoisotopic (exact) mass is 287 g/mol. The first-order valence-electron chi connectivity index (χ1n) is 6.63. The third-order valence-electron chi connectivity index (χ3n) is 3.19. The smallest absolute Gasteiger partial charge is 0.324 e. The molecule has 2 aromatic carbocycles. The number of halogens is 1. The molecule has 2 aromatic rings. The highest BCUT2D eigenvalue weighted by molar-refractivity contribution is 6.01. The van der Waals surface area contributed by atoms with E-state index >= 15 is 0 Å². The van der Waals surface area contributed by atoms with Crippen LogP contribution in [0, 0.1) is 5.82 Å². The van der Waals surface area contributed by atoms with Crippen molar-refractivity contribution in [3.05, 3.63) is 59.9 Å². The Bertz CT molecular complexity index is 626. The van der Waals surface area contributed by atoms with Crippen molar-refractivity contribution in [1.29, 1.82) is 0 Å². The summed E-state index contributed by atoms with van der Waals surface area (Å²) in [7, 11) is 1.58. The van der Waals surface area contributed by atoms with Gasteiger partial charge in [0.25, 0.3) is 0 Å². The first kappa shape index (κ1) is 15.0. The lowest BCUT2D eigenvalue weighted by molar-refractivity contribution is 0.258. The number of rotatable bonds is 3. The Morgan fingerprint density at radius 3 is 2.48 bits per heavy atom. The Hall–Kier alpha value is -2.40. The quantitative estimate of drug-likeness (QED) is 0.907. The van der Waals surface area contributed by atoms with Crippen LogP contribution in [0.1, 0.15) is 18.5 Å². The molecule has 0 aliphatic heterocycles. The van der Waals surface area contributed by atoms with Crippen LogP contribution in [0.5, 0.6) is 0 Å². The zero-order chi connectivity index (χ0) is 15.4. The fraction of sp³-hybridized carbons (Fsp3) is 0.188. The topological polar surface area (TPSA) is 58.4 Å². The van der Waals surface area contributed by atoms with E-state index in [1.165, 1.54) is 17.0 Å². The van der Waals surface area contributed by atoms with Gasteiger partial charge in [-0.2, -0.15) is 0 Å². The molecule has 2 amide bonds. The summed E-state index contributed by atoms with van der Waals surface area (Å²) in [4.78, 5) is 13.5. The first-order chi connectivity index (χ1) is 9.97. The Kier molecular flexibility index (Phi) is 4.55. The van der Waals surface area contributed by atoms with E-state index in [1.807, 2.05) is 19.1 Å². The molecule has 0 heterocycles. The highest BCUT2D eigenvalue weighted by Gasteiger charge is 2.11. The van der Waals surface area contributed by atoms with E-state index in [2.05, 4.69) is 5.32 Å². The molecule has 2 rings (SSSR count). The molecule has 0 saturated carbocycles. The second kappa shape index (κ2) is 6.37. The number of benzene rings is 2. The maximum atomic E-state index is 13.2. The summed E-state index contributed by atoms with van der Waals surface area (Å²) >= 11 is 0. The average molecular weight is 287 g/mol. The Morgan fingerprint density at radius 2 is 1.90 bits per heavy atom. The molecule has 1 unspecified atom stereocenters. The molecule has 0 fully saturated rings. The van der Waals surface area contributed by atoms with Crippen molar-refractivity contribution < 1.29 is 9.18 Å². The lowest BCUT2D eigenvalue weighted by Gasteiger charge is -2.18. The lowest BCUT2D eigenvalue weighted by atomic mass is 10.1. The summed E-state index contributed by atoms with van der Waals surface area (Å²) in [6.45, 7) is 1.89. The molecular formula is C16H18FN3O. The fourth-order valence-electron chi connectivity index (χ4n) is 1.88. The number of nitrogens with one attached hydrogen (secondary N) is 1. The molecule has 5 heteroatoms. The Balaban J connectivity index is 2.07. The molecule has 0 aliphatic rings. The minimum absolute atomic E-state index is 0.0512. The second-order valence-electron chi connectivity index (χ2n) is 4.88. The predicted octanol–water partition coefficient (Wildman–Crippen LogP) is 3.51. The number of nitrogens with two attached hydrogens (primary N) is 1. The average Bonchev–Trinajstić information content (AvgIpc) is 2.47. The van der Waals surface area contributed by atoms with Crippen molar-refractivity contribution in [1.82, 2.24) is 0 Å². The van der Waals surface area contributed by atoms with Gasteiger partial charge in [-0.15, -0.1) is 0 Å². The van der Waals surface area contributed by atoms with Gasteiger partial charge < -0.3 is 11.1 Å². The highest BCUT2D eigenvalue weighted by Crippen LogP contribution is 2.17. The van der Waals surface area contributed by atoms with Gasteiger partial charge in [-0.25, -0.2) is 9.18 Å². The van der Waals surface area contributed by atoms with E-state index in [-0.39, 0.29) is 17.9 Å². The molecule has 0 radical (unpaired) electrons.